The van der Waals surface area contributed by atoms with Crippen molar-refractivity contribution in [2.75, 3.05) is 5.32 Å². The topological polar surface area (TPSA) is 54.9 Å². The molecule has 0 radical (unpaired) electrons. The molecule has 0 aliphatic carbocycles. The van der Waals surface area contributed by atoms with Crippen molar-refractivity contribution in [1.29, 1.82) is 0 Å². The van der Waals surface area contributed by atoms with Crippen LogP contribution in [0, 0.1) is 17.5 Å². The number of rotatable bonds is 2. The highest BCUT2D eigenvalue weighted by molar-refractivity contribution is 6.29. The highest BCUT2D eigenvalue weighted by Gasteiger charge is 2.16. The van der Waals surface area contributed by atoms with Gasteiger partial charge in [-0.15, -0.1) is 0 Å². The molecule has 1 heterocycles. The molecule has 0 spiro atoms. The summed E-state index contributed by atoms with van der Waals surface area (Å²) in [7, 11) is 0. The Hall–Kier alpha value is -2.15. The molecule has 0 aliphatic rings. The van der Waals surface area contributed by atoms with Crippen molar-refractivity contribution in [1.82, 2.24) is 9.97 Å². The summed E-state index contributed by atoms with van der Waals surface area (Å²) in [6.07, 6.45) is 2.19. The Bertz CT molecular complexity index is 634. The van der Waals surface area contributed by atoms with E-state index in [1.54, 1.807) is 0 Å². The molecule has 1 aromatic heterocycles. The van der Waals surface area contributed by atoms with Gasteiger partial charge in [-0.25, -0.2) is 23.1 Å². The molecule has 98 valence electrons. The van der Waals surface area contributed by atoms with Gasteiger partial charge in [0.1, 0.15) is 10.8 Å². The second-order valence-corrected chi connectivity index (χ2v) is 3.79. The summed E-state index contributed by atoms with van der Waals surface area (Å²) in [6, 6.07) is 1.59. The lowest BCUT2D eigenvalue weighted by atomic mass is 10.2. The molecule has 2 aromatic rings. The zero-order valence-corrected chi connectivity index (χ0v) is 9.88. The molecule has 19 heavy (non-hydrogen) atoms. The van der Waals surface area contributed by atoms with Gasteiger partial charge < -0.3 is 5.32 Å². The first-order valence-electron chi connectivity index (χ1n) is 4.91. The Morgan fingerprint density at radius 2 is 1.84 bits per heavy atom. The predicted octanol–water partition coefficient (Wildman–Crippen LogP) is 2.80. The third kappa shape index (κ3) is 2.82. The monoisotopic (exact) mass is 287 g/mol. The van der Waals surface area contributed by atoms with Crippen molar-refractivity contribution < 1.29 is 18.0 Å². The maximum Gasteiger partial charge on any atom is 0.275 e. The third-order valence-corrected chi connectivity index (χ3v) is 2.33. The predicted molar refractivity (Wildman–Crippen MR) is 61.3 cm³/mol. The first-order chi connectivity index (χ1) is 8.99. The Balaban J connectivity index is 2.24. The molecule has 1 aromatic carbocycles. The Morgan fingerprint density at radius 3 is 2.47 bits per heavy atom. The minimum absolute atomic E-state index is 0.0792. The second kappa shape index (κ2) is 5.23. The van der Waals surface area contributed by atoms with Crippen LogP contribution in [0.5, 0.6) is 0 Å². The molecular formula is C11H5ClF3N3O. The van der Waals surface area contributed by atoms with Crippen LogP contribution >= 0.6 is 11.6 Å². The molecule has 1 N–H and O–H groups in total. The summed E-state index contributed by atoms with van der Waals surface area (Å²) in [4.78, 5) is 18.9. The fourth-order valence-electron chi connectivity index (χ4n) is 1.24. The number of anilines is 1. The van der Waals surface area contributed by atoms with Crippen molar-refractivity contribution in [3.05, 3.63) is 52.8 Å². The van der Waals surface area contributed by atoms with Crippen LogP contribution < -0.4 is 5.32 Å². The molecule has 0 unspecified atom stereocenters. The Kier molecular flexibility index (Phi) is 3.66. The standard InChI is InChI=1S/C11H5ClF3N3O/c12-8-4-16-7(3-17-8)11(19)18-6-2-1-5(13)9(14)10(6)15/h1-4H,(H,18,19). The van der Waals surface area contributed by atoms with E-state index in [0.29, 0.717) is 6.07 Å². The zero-order chi connectivity index (χ0) is 14.0. The van der Waals surface area contributed by atoms with Gasteiger partial charge in [0.15, 0.2) is 17.5 Å². The van der Waals surface area contributed by atoms with Crippen molar-refractivity contribution in [2.24, 2.45) is 0 Å². The number of halogens is 4. The lowest BCUT2D eigenvalue weighted by molar-refractivity contribution is 0.102. The average Bonchev–Trinajstić information content (AvgIpc) is 2.40. The van der Waals surface area contributed by atoms with Crippen molar-refractivity contribution in [3.63, 3.8) is 0 Å². The first-order valence-corrected chi connectivity index (χ1v) is 5.29. The second-order valence-electron chi connectivity index (χ2n) is 3.40. The molecule has 0 atom stereocenters. The van der Waals surface area contributed by atoms with Gasteiger partial charge in [0, 0.05) is 0 Å². The molecule has 8 heteroatoms. The minimum atomic E-state index is -1.67. The van der Waals surface area contributed by atoms with Crippen LogP contribution in [0.2, 0.25) is 5.15 Å². The van der Waals surface area contributed by atoms with Gasteiger partial charge in [-0.1, -0.05) is 11.6 Å². The van der Waals surface area contributed by atoms with Gasteiger partial charge in [-0.2, -0.15) is 0 Å². The van der Waals surface area contributed by atoms with Crippen LogP contribution in [-0.2, 0) is 0 Å². The number of amides is 1. The van der Waals surface area contributed by atoms with E-state index in [-0.39, 0.29) is 10.8 Å². The number of carbonyl (C=O) groups is 1. The SMILES string of the molecule is O=C(Nc1ccc(F)c(F)c1F)c1cnc(Cl)cn1. The van der Waals surface area contributed by atoms with Crippen molar-refractivity contribution in [3.8, 4) is 0 Å². The summed E-state index contributed by atoms with van der Waals surface area (Å²) in [6.45, 7) is 0. The van der Waals surface area contributed by atoms with Crippen molar-refractivity contribution in [2.45, 2.75) is 0 Å². The van der Waals surface area contributed by atoms with E-state index in [0.717, 1.165) is 18.5 Å². The summed E-state index contributed by atoms with van der Waals surface area (Å²) in [5.41, 5.74) is -0.644. The first kappa shape index (κ1) is 13.3. The lowest BCUT2D eigenvalue weighted by Gasteiger charge is -2.06. The van der Waals surface area contributed by atoms with E-state index < -0.39 is 29.0 Å². The molecule has 0 saturated carbocycles. The number of carbonyl (C=O) groups excluding carboxylic acids is 1. The van der Waals surface area contributed by atoms with Gasteiger partial charge in [0.25, 0.3) is 5.91 Å². The number of nitrogens with one attached hydrogen (secondary N) is 1. The van der Waals surface area contributed by atoms with Gasteiger partial charge >= 0.3 is 0 Å². The van der Waals surface area contributed by atoms with Crippen molar-refractivity contribution >= 4 is 23.2 Å². The summed E-state index contributed by atoms with van der Waals surface area (Å²) in [5.74, 6) is -5.33. The van der Waals surface area contributed by atoms with E-state index in [2.05, 4.69) is 9.97 Å². The average molecular weight is 288 g/mol. The largest absolute Gasteiger partial charge is 0.318 e. The lowest BCUT2D eigenvalue weighted by Crippen LogP contribution is -2.15. The maximum absolute atomic E-state index is 13.3. The normalized spacial score (nSPS) is 10.3. The zero-order valence-electron chi connectivity index (χ0n) is 9.12. The summed E-state index contributed by atoms with van der Waals surface area (Å²) >= 11 is 5.48. The molecular weight excluding hydrogens is 283 g/mol. The molecule has 2 rings (SSSR count). The smallest absolute Gasteiger partial charge is 0.275 e. The van der Waals surface area contributed by atoms with Crippen LogP contribution in [-0.4, -0.2) is 15.9 Å². The molecule has 0 fully saturated rings. The third-order valence-electron chi connectivity index (χ3n) is 2.14. The molecule has 4 nitrogen and oxygen atoms in total. The Morgan fingerprint density at radius 1 is 1.11 bits per heavy atom. The summed E-state index contributed by atoms with van der Waals surface area (Å²) in [5, 5.41) is 2.13. The van der Waals surface area contributed by atoms with Crippen LogP contribution in [0.3, 0.4) is 0 Å². The van der Waals surface area contributed by atoms with Crippen LogP contribution in [0.25, 0.3) is 0 Å². The van der Waals surface area contributed by atoms with E-state index in [4.69, 9.17) is 11.6 Å². The van der Waals surface area contributed by atoms with E-state index in [1.165, 1.54) is 0 Å². The molecule has 0 bridgehead atoms. The molecule has 1 amide bonds. The fourth-order valence-corrected chi connectivity index (χ4v) is 1.34. The van der Waals surface area contributed by atoms with E-state index in [1.807, 2.05) is 5.32 Å². The quantitative estimate of drug-likeness (QED) is 0.864. The highest BCUT2D eigenvalue weighted by Crippen LogP contribution is 2.20. The summed E-state index contributed by atoms with van der Waals surface area (Å²) < 4.78 is 39.0. The van der Waals surface area contributed by atoms with E-state index >= 15 is 0 Å². The number of hydrogen-bond acceptors (Lipinski definition) is 3. The van der Waals surface area contributed by atoms with Gasteiger partial charge in [0.2, 0.25) is 0 Å². The van der Waals surface area contributed by atoms with Crippen LogP contribution in [0.15, 0.2) is 24.5 Å². The minimum Gasteiger partial charge on any atom is -0.318 e. The van der Waals surface area contributed by atoms with Gasteiger partial charge in [0.05, 0.1) is 18.1 Å². The van der Waals surface area contributed by atoms with E-state index in [9.17, 15) is 18.0 Å². The molecule has 0 saturated heterocycles. The number of aromatic nitrogens is 2. The van der Waals surface area contributed by atoms with Gasteiger partial charge in [-0.3, -0.25) is 4.79 Å². The number of benzene rings is 1. The maximum atomic E-state index is 13.3. The fraction of sp³-hybridized carbons (Fsp3) is 0. The number of hydrogen-bond donors (Lipinski definition) is 1. The van der Waals surface area contributed by atoms with Crippen LogP contribution in [0.1, 0.15) is 10.5 Å². The molecule has 0 aliphatic heterocycles. The highest BCUT2D eigenvalue weighted by atomic mass is 35.5. The Labute approximate surface area is 110 Å². The number of nitrogens with zero attached hydrogens (tertiary/aromatic N) is 2. The van der Waals surface area contributed by atoms with Crippen LogP contribution in [0.4, 0.5) is 18.9 Å². The van der Waals surface area contributed by atoms with Gasteiger partial charge in [-0.05, 0) is 12.1 Å².